The van der Waals surface area contributed by atoms with Crippen LogP contribution < -0.4 is 0 Å². The number of carbonyl (C=O) groups is 1. The molecule has 0 saturated carbocycles. The summed E-state index contributed by atoms with van der Waals surface area (Å²) in [7, 11) is -3.23. The highest BCUT2D eigenvalue weighted by atomic mass is 32.2. The largest absolute Gasteiger partial charge is 0.416 e. The molecule has 0 aliphatic heterocycles. The molecular weight excluding hydrogens is 365 g/mol. The molecule has 0 atom stereocenters. The Hall–Kier alpha value is -2.15. The molecule has 2 aromatic carbocycles. The first-order valence-corrected chi connectivity index (χ1v) is 9.70. The Bertz CT molecular complexity index is 866. The van der Waals surface area contributed by atoms with Gasteiger partial charge in [0.2, 0.25) is 0 Å². The highest BCUT2D eigenvalue weighted by molar-refractivity contribution is 7.91. The summed E-state index contributed by atoms with van der Waals surface area (Å²) in [5, 5.41) is -0.483. The maximum Gasteiger partial charge on any atom is 0.416 e. The van der Waals surface area contributed by atoms with E-state index in [1.165, 1.54) is 24.3 Å². The number of halogens is 3. The van der Waals surface area contributed by atoms with Gasteiger partial charge in [-0.05, 0) is 37.1 Å². The molecule has 0 spiro atoms. The molecule has 0 fully saturated rings. The molecule has 0 bridgehead atoms. The molecule has 0 aromatic heterocycles. The molecule has 0 amide bonds. The Morgan fingerprint density at radius 2 is 1.42 bits per heavy atom. The van der Waals surface area contributed by atoms with Gasteiger partial charge in [0.25, 0.3) is 0 Å². The van der Waals surface area contributed by atoms with Crippen LogP contribution in [0.4, 0.5) is 13.2 Å². The first-order valence-electron chi connectivity index (χ1n) is 7.99. The van der Waals surface area contributed by atoms with E-state index >= 15 is 0 Å². The van der Waals surface area contributed by atoms with Crippen molar-refractivity contribution in [2.24, 2.45) is 0 Å². The van der Waals surface area contributed by atoms with Crippen LogP contribution in [0.25, 0.3) is 0 Å². The standard InChI is InChI=1S/C19H19F3O3S/c1-13(2)26(24,25)12-15-3-7-16(8-4-15)18(23)11-14-5-9-17(10-6-14)19(20,21)22/h3-10,13H,11-12H2,1-2H3. The van der Waals surface area contributed by atoms with Crippen molar-refractivity contribution in [1.82, 2.24) is 0 Å². The van der Waals surface area contributed by atoms with Crippen LogP contribution in [0, 0.1) is 0 Å². The second-order valence-electron chi connectivity index (χ2n) is 6.35. The monoisotopic (exact) mass is 384 g/mol. The molecule has 0 radical (unpaired) electrons. The van der Waals surface area contributed by atoms with Gasteiger partial charge in [-0.2, -0.15) is 13.2 Å². The molecule has 7 heteroatoms. The average molecular weight is 384 g/mol. The smallest absolute Gasteiger partial charge is 0.294 e. The summed E-state index contributed by atoms with van der Waals surface area (Å²) >= 11 is 0. The first-order chi connectivity index (χ1) is 12.0. The molecule has 3 nitrogen and oxygen atoms in total. The zero-order valence-electron chi connectivity index (χ0n) is 14.4. The SMILES string of the molecule is CC(C)S(=O)(=O)Cc1ccc(C(=O)Cc2ccc(C(F)(F)F)cc2)cc1. The molecule has 2 rings (SSSR count). The minimum Gasteiger partial charge on any atom is -0.294 e. The second-order valence-corrected chi connectivity index (χ2v) is 8.90. The maximum absolute atomic E-state index is 12.5. The predicted octanol–water partition coefficient (Wildman–Crippen LogP) is 4.45. The van der Waals surface area contributed by atoms with Crippen molar-refractivity contribution in [3.63, 3.8) is 0 Å². The summed E-state index contributed by atoms with van der Waals surface area (Å²) in [6.45, 7) is 3.22. The van der Waals surface area contributed by atoms with Crippen molar-refractivity contribution in [1.29, 1.82) is 0 Å². The lowest BCUT2D eigenvalue weighted by Gasteiger charge is -2.09. The third-order valence-corrected chi connectivity index (χ3v) is 6.18. The molecule has 0 aliphatic rings. The van der Waals surface area contributed by atoms with E-state index < -0.39 is 26.8 Å². The van der Waals surface area contributed by atoms with Crippen molar-refractivity contribution in [3.8, 4) is 0 Å². The summed E-state index contributed by atoms with van der Waals surface area (Å²) in [5.41, 5.74) is 0.694. The number of ketones is 1. The fraction of sp³-hybridized carbons (Fsp3) is 0.316. The van der Waals surface area contributed by atoms with Crippen LogP contribution in [-0.2, 0) is 28.2 Å². The first kappa shape index (κ1) is 20.2. The van der Waals surface area contributed by atoms with Gasteiger partial charge < -0.3 is 0 Å². The van der Waals surface area contributed by atoms with E-state index in [1.54, 1.807) is 26.0 Å². The fourth-order valence-electron chi connectivity index (χ4n) is 2.28. The highest BCUT2D eigenvalue weighted by Crippen LogP contribution is 2.29. The quantitative estimate of drug-likeness (QED) is 0.691. The lowest BCUT2D eigenvalue weighted by atomic mass is 10.0. The molecule has 0 aliphatic carbocycles. The molecule has 0 saturated heterocycles. The number of carbonyl (C=O) groups excluding carboxylic acids is 1. The summed E-state index contributed by atoms with van der Waals surface area (Å²) in [6.07, 6.45) is -4.43. The third kappa shape index (κ3) is 5.17. The number of hydrogen-bond acceptors (Lipinski definition) is 3. The minimum absolute atomic E-state index is 0.0260. The van der Waals surface area contributed by atoms with Crippen molar-refractivity contribution in [2.45, 2.75) is 37.4 Å². The lowest BCUT2D eigenvalue weighted by Crippen LogP contribution is -2.16. The van der Waals surface area contributed by atoms with E-state index in [9.17, 15) is 26.4 Å². The second kappa shape index (κ2) is 7.61. The molecule has 26 heavy (non-hydrogen) atoms. The zero-order chi connectivity index (χ0) is 19.5. The lowest BCUT2D eigenvalue weighted by molar-refractivity contribution is -0.137. The number of alkyl halides is 3. The van der Waals surface area contributed by atoms with Crippen molar-refractivity contribution in [3.05, 3.63) is 70.8 Å². The summed E-state index contributed by atoms with van der Waals surface area (Å²) in [6, 6.07) is 10.7. The van der Waals surface area contributed by atoms with Crippen LogP contribution in [0.2, 0.25) is 0 Å². The number of benzene rings is 2. The minimum atomic E-state index is -4.41. The van der Waals surface area contributed by atoms with Crippen molar-refractivity contribution in [2.75, 3.05) is 0 Å². The fourth-order valence-corrected chi connectivity index (χ4v) is 3.28. The number of sulfone groups is 1. The molecule has 0 heterocycles. The van der Waals surface area contributed by atoms with Gasteiger partial charge in [-0.1, -0.05) is 36.4 Å². The Morgan fingerprint density at radius 3 is 1.88 bits per heavy atom. The molecule has 140 valence electrons. The number of hydrogen-bond donors (Lipinski definition) is 0. The highest BCUT2D eigenvalue weighted by Gasteiger charge is 2.30. The summed E-state index contributed by atoms with van der Waals surface area (Å²) < 4.78 is 61.4. The van der Waals surface area contributed by atoms with E-state index in [4.69, 9.17) is 0 Å². The van der Waals surface area contributed by atoms with Crippen LogP contribution >= 0.6 is 0 Å². The normalized spacial score (nSPS) is 12.4. The van der Waals surface area contributed by atoms with E-state index in [2.05, 4.69) is 0 Å². The Balaban J connectivity index is 2.06. The van der Waals surface area contributed by atoms with Crippen LogP contribution in [0.15, 0.2) is 48.5 Å². The van der Waals surface area contributed by atoms with Crippen LogP contribution in [0.5, 0.6) is 0 Å². The molecular formula is C19H19F3O3S. The Labute approximate surface area is 150 Å². The van der Waals surface area contributed by atoms with E-state index in [0.717, 1.165) is 12.1 Å². The topological polar surface area (TPSA) is 51.2 Å². The number of rotatable bonds is 6. The summed E-state index contributed by atoms with van der Waals surface area (Å²) in [4.78, 5) is 12.3. The van der Waals surface area contributed by atoms with Gasteiger partial charge in [-0.15, -0.1) is 0 Å². The predicted molar refractivity (Wildman–Crippen MR) is 93.7 cm³/mol. The summed E-state index contributed by atoms with van der Waals surface area (Å²) in [5.74, 6) is -0.346. The van der Waals surface area contributed by atoms with Gasteiger partial charge in [0.1, 0.15) is 0 Å². The van der Waals surface area contributed by atoms with Gasteiger partial charge in [-0.25, -0.2) is 8.42 Å². The van der Waals surface area contributed by atoms with Gasteiger partial charge in [0.15, 0.2) is 15.6 Å². The van der Waals surface area contributed by atoms with Gasteiger partial charge in [0.05, 0.1) is 16.6 Å². The van der Waals surface area contributed by atoms with E-state index in [-0.39, 0.29) is 18.0 Å². The van der Waals surface area contributed by atoms with Gasteiger partial charge >= 0.3 is 6.18 Å². The molecule has 0 unspecified atom stereocenters. The maximum atomic E-state index is 12.5. The van der Waals surface area contributed by atoms with Crippen LogP contribution in [0.1, 0.15) is 40.9 Å². The Morgan fingerprint density at radius 1 is 0.923 bits per heavy atom. The Kier molecular flexibility index (Phi) is 5.91. The molecule has 2 aromatic rings. The molecule has 0 N–H and O–H groups in total. The van der Waals surface area contributed by atoms with Crippen LogP contribution in [0.3, 0.4) is 0 Å². The number of Topliss-reactive ketones (excluding diaryl/α,β-unsaturated/α-hetero) is 1. The van der Waals surface area contributed by atoms with E-state index in [0.29, 0.717) is 16.7 Å². The van der Waals surface area contributed by atoms with Gasteiger partial charge in [0, 0.05) is 12.0 Å². The van der Waals surface area contributed by atoms with Crippen LogP contribution in [-0.4, -0.2) is 19.5 Å². The average Bonchev–Trinajstić information content (AvgIpc) is 2.54. The van der Waals surface area contributed by atoms with E-state index in [1.807, 2.05) is 0 Å². The van der Waals surface area contributed by atoms with Gasteiger partial charge in [-0.3, -0.25) is 4.79 Å². The zero-order valence-corrected chi connectivity index (χ0v) is 15.2. The van der Waals surface area contributed by atoms with Crippen molar-refractivity contribution >= 4 is 15.6 Å². The third-order valence-electron chi connectivity index (χ3n) is 4.01. The van der Waals surface area contributed by atoms with Crippen molar-refractivity contribution < 1.29 is 26.4 Å².